The molecule has 5 atom stereocenters. The molecule has 5 unspecified atom stereocenters. The molecule has 0 spiro atoms. The van der Waals surface area contributed by atoms with Gasteiger partial charge in [-0.05, 0) is 75.3 Å². The maximum atomic E-state index is 3.85. The third-order valence-corrected chi connectivity index (χ3v) is 5.77. The standard InChI is InChI=1S/C14H24N2/c1-2-11(15-6-1)5-7-16-14-12-9-3-4-10(8-9)13(12)14/h9-16H,1-8H2. The van der Waals surface area contributed by atoms with Gasteiger partial charge in [-0.3, -0.25) is 0 Å². The highest BCUT2D eigenvalue weighted by atomic mass is 15.0. The van der Waals surface area contributed by atoms with Crippen LogP contribution in [0.25, 0.3) is 0 Å². The first-order valence-electron chi connectivity index (χ1n) is 7.40. The van der Waals surface area contributed by atoms with Gasteiger partial charge in [-0.2, -0.15) is 0 Å². The molecule has 0 amide bonds. The average molecular weight is 220 g/mol. The molecule has 90 valence electrons. The molecule has 3 aliphatic carbocycles. The first-order chi connectivity index (χ1) is 7.93. The van der Waals surface area contributed by atoms with Crippen LogP contribution in [0.5, 0.6) is 0 Å². The van der Waals surface area contributed by atoms with Gasteiger partial charge in [0.05, 0.1) is 0 Å². The van der Waals surface area contributed by atoms with E-state index >= 15 is 0 Å². The van der Waals surface area contributed by atoms with Crippen molar-refractivity contribution in [1.82, 2.24) is 10.6 Å². The smallest absolute Gasteiger partial charge is 0.0136 e. The number of hydrogen-bond acceptors (Lipinski definition) is 2. The molecule has 1 saturated heterocycles. The van der Waals surface area contributed by atoms with Gasteiger partial charge in [-0.1, -0.05) is 0 Å². The zero-order valence-corrected chi connectivity index (χ0v) is 10.1. The molecule has 4 rings (SSSR count). The number of hydrogen-bond donors (Lipinski definition) is 2. The monoisotopic (exact) mass is 220 g/mol. The van der Waals surface area contributed by atoms with E-state index in [0.29, 0.717) is 0 Å². The lowest BCUT2D eigenvalue weighted by Gasteiger charge is -2.13. The third kappa shape index (κ3) is 1.46. The minimum absolute atomic E-state index is 0.822. The fourth-order valence-electron chi connectivity index (χ4n) is 5.03. The Labute approximate surface area is 98.6 Å². The van der Waals surface area contributed by atoms with Crippen LogP contribution in [-0.4, -0.2) is 25.2 Å². The Bertz CT molecular complexity index is 256. The summed E-state index contributed by atoms with van der Waals surface area (Å²) in [6, 6.07) is 1.76. The highest BCUT2D eigenvalue weighted by molar-refractivity contribution is 5.16. The van der Waals surface area contributed by atoms with Gasteiger partial charge in [0.1, 0.15) is 0 Å². The van der Waals surface area contributed by atoms with Crippen molar-refractivity contribution in [3.05, 3.63) is 0 Å². The van der Waals surface area contributed by atoms with Gasteiger partial charge in [-0.15, -0.1) is 0 Å². The molecular formula is C14H24N2. The van der Waals surface area contributed by atoms with E-state index in [1.54, 1.807) is 19.3 Å². The molecule has 4 fully saturated rings. The summed E-state index contributed by atoms with van der Waals surface area (Å²) in [5, 5.41) is 7.44. The van der Waals surface area contributed by atoms with Gasteiger partial charge >= 0.3 is 0 Å². The molecule has 3 saturated carbocycles. The van der Waals surface area contributed by atoms with Crippen molar-refractivity contribution in [3.63, 3.8) is 0 Å². The van der Waals surface area contributed by atoms with Gasteiger partial charge in [0.25, 0.3) is 0 Å². The van der Waals surface area contributed by atoms with Crippen molar-refractivity contribution < 1.29 is 0 Å². The van der Waals surface area contributed by atoms with Crippen molar-refractivity contribution in [3.8, 4) is 0 Å². The number of fused-ring (bicyclic) bond motifs is 5. The first-order valence-corrected chi connectivity index (χ1v) is 7.40. The van der Waals surface area contributed by atoms with Crippen LogP contribution in [-0.2, 0) is 0 Å². The van der Waals surface area contributed by atoms with Crippen LogP contribution in [0.15, 0.2) is 0 Å². The highest BCUT2D eigenvalue weighted by Crippen LogP contribution is 2.65. The van der Waals surface area contributed by atoms with E-state index in [1.165, 1.54) is 32.4 Å². The van der Waals surface area contributed by atoms with E-state index in [1.807, 2.05) is 0 Å². The molecule has 0 aromatic carbocycles. The summed E-state index contributed by atoms with van der Waals surface area (Å²) in [7, 11) is 0. The lowest BCUT2D eigenvalue weighted by Crippen LogP contribution is -2.30. The molecule has 0 aromatic heterocycles. The second-order valence-corrected chi connectivity index (χ2v) is 6.55. The van der Waals surface area contributed by atoms with Crippen molar-refractivity contribution in [2.45, 2.75) is 50.6 Å². The maximum Gasteiger partial charge on any atom is 0.0136 e. The van der Waals surface area contributed by atoms with E-state index in [2.05, 4.69) is 10.6 Å². The summed E-state index contributed by atoms with van der Waals surface area (Å²) in [6.45, 7) is 2.51. The minimum Gasteiger partial charge on any atom is -0.314 e. The van der Waals surface area contributed by atoms with Gasteiger partial charge < -0.3 is 10.6 Å². The molecule has 0 aromatic rings. The fraction of sp³-hybridized carbons (Fsp3) is 1.00. The average Bonchev–Trinajstić information content (AvgIpc) is 2.77. The van der Waals surface area contributed by atoms with Crippen molar-refractivity contribution in [2.75, 3.05) is 13.1 Å². The number of rotatable bonds is 4. The molecule has 4 aliphatic rings. The van der Waals surface area contributed by atoms with Crippen LogP contribution in [0.2, 0.25) is 0 Å². The van der Waals surface area contributed by atoms with Crippen molar-refractivity contribution in [2.24, 2.45) is 23.7 Å². The van der Waals surface area contributed by atoms with Crippen LogP contribution < -0.4 is 10.6 Å². The van der Waals surface area contributed by atoms with E-state index in [9.17, 15) is 0 Å². The lowest BCUT2D eigenvalue weighted by atomic mass is 10.0. The zero-order chi connectivity index (χ0) is 10.5. The Morgan fingerprint density at radius 1 is 1.06 bits per heavy atom. The second kappa shape index (κ2) is 3.71. The summed E-state index contributed by atoms with van der Waals surface area (Å²) >= 11 is 0. The Hall–Kier alpha value is -0.0800. The topological polar surface area (TPSA) is 24.1 Å². The zero-order valence-electron chi connectivity index (χ0n) is 10.1. The highest BCUT2D eigenvalue weighted by Gasteiger charge is 2.64. The molecule has 0 radical (unpaired) electrons. The lowest BCUT2D eigenvalue weighted by molar-refractivity contribution is 0.444. The van der Waals surface area contributed by atoms with E-state index < -0.39 is 0 Å². The fourth-order valence-corrected chi connectivity index (χ4v) is 5.03. The van der Waals surface area contributed by atoms with E-state index in [-0.39, 0.29) is 0 Å². The summed E-state index contributed by atoms with van der Waals surface area (Å²) in [5.74, 6) is 4.46. The van der Waals surface area contributed by atoms with Crippen LogP contribution in [0.4, 0.5) is 0 Å². The summed E-state index contributed by atoms with van der Waals surface area (Å²) in [6.07, 6.45) is 8.83. The van der Waals surface area contributed by atoms with Crippen LogP contribution in [0.1, 0.15) is 38.5 Å². The van der Waals surface area contributed by atoms with Crippen LogP contribution in [0.3, 0.4) is 0 Å². The Kier molecular flexibility index (Phi) is 2.29. The van der Waals surface area contributed by atoms with Crippen LogP contribution >= 0.6 is 0 Å². The van der Waals surface area contributed by atoms with Gasteiger partial charge in [0, 0.05) is 12.1 Å². The Morgan fingerprint density at radius 3 is 2.56 bits per heavy atom. The Morgan fingerprint density at radius 2 is 1.88 bits per heavy atom. The van der Waals surface area contributed by atoms with Gasteiger partial charge in [0.15, 0.2) is 0 Å². The predicted molar refractivity (Wildman–Crippen MR) is 65.2 cm³/mol. The molecule has 2 heteroatoms. The van der Waals surface area contributed by atoms with E-state index in [0.717, 1.165) is 35.8 Å². The molecule has 16 heavy (non-hydrogen) atoms. The van der Waals surface area contributed by atoms with Crippen molar-refractivity contribution in [1.29, 1.82) is 0 Å². The third-order valence-electron chi connectivity index (χ3n) is 5.77. The summed E-state index contributed by atoms with van der Waals surface area (Å²) in [4.78, 5) is 0. The van der Waals surface area contributed by atoms with Gasteiger partial charge in [-0.25, -0.2) is 0 Å². The first kappa shape index (κ1) is 9.90. The summed E-state index contributed by atoms with van der Waals surface area (Å²) < 4.78 is 0. The molecule has 2 bridgehead atoms. The van der Waals surface area contributed by atoms with E-state index in [4.69, 9.17) is 0 Å². The number of nitrogens with one attached hydrogen (secondary N) is 2. The normalized spacial score (nSPS) is 53.2. The SMILES string of the molecule is C1CNC(CCNC2C3C4CCC(C4)C23)C1. The largest absolute Gasteiger partial charge is 0.314 e. The Balaban J connectivity index is 1.22. The summed E-state index contributed by atoms with van der Waals surface area (Å²) in [5.41, 5.74) is 0. The van der Waals surface area contributed by atoms with Crippen molar-refractivity contribution >= 4 is 0 Å². The minimum atomic E-state index is 0.822. The molecule has 2 nitrogen and oxygen atoms in total. The second-order valence-electron chi connectivity index (χ2n) is 6.55. The molecular weight excluding hydrogens is 196 g/mol. The molecule has 2 N–H and O–H groups in total. The quantitative estimate of drug-likeness (QED) is 0.754. The molecule has 1 heterocycles. The molecule has 1 aliphatic heterocycles. The maximum absolute atomic E-state index is 3.85. The predicted octanol–water partition coefficient (Wildman–Crippen LogP) is 1.76. The van der Waals surface area contributed by atoms with Crippen LogP contribution in [0, 0.1) is 23.7 Å². The van der Waals surface area contributed by atoms with Gasteiger partial charge in [0.2, 0.25) is 0 Å².